The fraction of sp³-hybridized carbons (Fsp3) is 1.00. The highest BCUT2D eigenvalue weighted by molar-refractivity contribution is 4.84. The lowest BCUT2D eigenvalue weighted by Gasteiger charge is -2.38. The number of unbranched alkanes of at least 4 members (excludes halogenated alkanes) is 1. The van der Waals surface area contributed by atoms with Gasteiger partial charge in [-0.25, -0.2) is 0 Å². The zero-order valence-electron chi connectivity index (χ0n) is 15.0. The predicted molar refractivity (Wildman–Crippen MR) is 91.7 cm³/mol. The van der Waals surface area contributed by atoms with E-state index in [4.69, 9.17) is 0 Å². The van der Waals surface area contributed by atoms with Crippen LogP contribution in [0.3, 0.4) is 0 Å². The first-order valence-electron chi connectivity index (χ1n) is 8.88. The van der Waals surface area contributed by atoms with Gasteiger partial charge >= 0.3 is 0 Å². The summed E-state index contributed by atoms with van der Waals surface area (Å²) in [5.41, 5.74) is 0.467. The van der Waals surface area contributed by atoms with Crippen molar-refractivity contribution in [1.29, 1.82) is 0 Å². The van der Waals surface area contributed by atoms with Crippen molar-refractivity contribution in [1.82, 2.24) is 10.2 Å². The minimum absolute atomic E-state index is 0.0951. The third-order valence-corrected chi connectivity index (χ3v) is 5.37. The van der Waals surface area contributed by atoms with Gasteiger partial charge in [-0.05, 0) is 71.0 Å². The number of nitrogens with one attached hydrogen (secondary N) is 1. The van der Waals surface area contributed by atoms with Gasteiger partial charge in [0.05, 0.1) is 6.61 Å². The van der Waals surface area contributed by atoms with Crippen LogP contribution in [-0.4, -0.2) is 48.3 Å². The van der Waals surface area contributed by atoms with Crippen LogP contribution in [0.15, 0.2) is 0 Å². The summed E-state index contributed by atoms with van der Waals surface area (Å²) >= 11 is 0. The fourth-order valence-electron chi connectivity index (χ4n) is 3.53. The SMILES string of the molecule is CCNC(C)(CO)CCCCN(C)C1CCC(C)(C)CC1. The van der Waals surface area contributed by atoms with Crippen LogP contribution in [0.25, 0.3) is 0 Å². The van der Waals surface area contributed by atoms with Crippen molar-refractivity contribution in [2.75, 3.05) is 26.7 Å². The standard InChI is InChI=1S/C18H38N2O/c1-6-19-18(4,15-21)11-7-8-14-20(5)16-9-12-17(2,3)13-10-16/h16,19,21H,6-15H2,1-5H3. The average molecular weight is 299 g/mol. The topological polar surface area (TPSA) is 35.5 Å². The molecule has 1 saturated carbocycles. The summed E-state index contributed by atoms with van der Waals surface area (Å²) in [7, 11) is 2.29. The first kappa shape index (κ1) is 18.9. The molecule has 1 unspecified atom stereocenters. The number of rotatable bonds is 9. The van der Waals surface area contributed by atoms with E-state index in [0.717, 1.165) is 19.0 Å². The summed E-state index contributed by atoms with van der Waals surface area (Å²) in [5.74, 6) is 0. The summed E-state index contributed by atoms with van der Waals surface area (Å²) in [6, 6.07) is 0.788. The van der Waals surface area contributed by atoms with E-state index in [1.165, 1.54) is 45.1 Å². The van der Waals surface area contributed by atoms with Crippen LogP contribution in [0.5, 0.6) is 0 Å². The van der Waals surface area contributed by atoms with Crippen LogP contribution in [0.4, 0.5) is 0 Å². The predicted octanol–water partition coefficient (Wildman–Crippen LogP) is 3.42. The first-order chi connectivity index (χ1) is 9.82. The van der Waals surface area contributed by atoms with Crippen LogP contribution in [-0.2, 0) is 0 Å². The number of hydrogen-bond acceptors (Lipinski definition) is 3. The molecule has 0 saturated heterocycles. The minimum Gasteiger partial charge on any atom is -0.394 e. The van der Waals surface area contributed by atoms with Crippen LogP contribution in [0.2, 0.25) is 0 Å². The molecule has 21 heavy (non-hydrogen) atoms. The molecule has 0 aliphatic heterocycles. The summed E-state index contributed by atoms with van der Waals surface area (Å²) in [5, 5.41) is 12.9. The number of nitrogens with zero attached hydrogens (tertiary/aromatic N) is 1. The molecule has 0 aromatic carbocycles. The Morgan fingerprint density at radius 1 is 1.24 bits per heavy atom. The van der Waals surface area contributed by atoms with Gasteiger partial charge in [-0.1, -0.05) is 27.2 Å². The molecular weight excluding hydrogens is 260 g/mol. The van der Waals surface area contributed by atoms with E-state index in [0.29, 0.717) is 5.41 Å². The summed E-state index contributed by atoms with van der Waals surface area (Å²) in [6.07, 6.45) is 8.92. The van der Waals surface area contributed by atoms with Gasteiger partial charge in [0.1, 0.15) is 0 Å². The lowest BCUT2D eigenvalue weighted by molar-refractivity contribution is 0.123. The van der Waals surface area contributed by atoms with Crippen molar-refractivity contribution >= 4 is 0 Å². The summed E-state index contributed by atoms with van der Waals surface area (Å²) < 4.78 is 0. The van der Waals surface area contributed by atoms with E-state index in [-0.39, 0.29) is 12.1 Å². The monoisotopic (exact) mass is 298 g/mol. The lowest BCUT2D eigenvalue weighted by atomic mass is 9.75. The van der Waals surface area contributed by atoms with Crippen LogP contribution in [0, 0.1) is 5.41 Å². The molecule has 0 bridgehead atoms. The first-order valence-corrected chi connectivity index (χ1v) is 8.88. The van der Waals surface area contributed by atoms with Crippen molar-refractivity contribution < 1.29 is 5.11 Å². The number of aliphatic hydroxyl groups excluding tert-OH is 1. The fourth-order valence-corrected chi connectivity index (χ4v) is 3.53. The second kappa shape index (κ2) is 8.50. The van der Waals surface area contributed by atoms with Crippen molar-refractivity contribution in [3.05, 3.63) is 0 Å². The Bertz CT molecular complexity index is 283. The van der Waals surface area contributed by atoms with Gasteiger partial charge in [0.25, 0.3) is 0 Å². The maximum atomic E-state index is 9.50. The Balaban J connectivity index is 2.20. The van der Waals surface area contributed by atoms with Gasteiger partial charge in [0.15, 0.2) is 0 Å². The second-order valence-corrected chi connectivity index (χ2v) is 8.08. The Kier molecular flexibility index (Phi) is 7.66. The van der Waals surface area contributed by atoms with Crippen molar-refractivity contribution in [3.63, 3.8) is 0 Å². The third kappa shape index (κ3) is 6.66. The number of hydrogen-bond donors (Lipinski definition) is 2. The smallest absolute Gasteiger partial charge is 0.0610 e. The normalized spacial score (nSPS) is 22.4. The molecule has 1 fully saturated rings. The molecular formula is C18H38N2O. The number of likely N-dealkylation sites (N-methyl/N-ethyl adjacent to an activating group) is 1. The second-order valence-electron chi connectivity index (χ2n) is 8.08. The molecule has 1 aliphatic rings. The van der Waals surface area contributed by atoms with Crippen molar-refractivity contribution in [3.8, 4) is 0 Å². The van der Waals surface area contributed by atoms with E-state index < -0.39 is 0 Å². The van der Waals surface area contributed by atoms with Gasteiger partial charge in [-0.3, -0.25) is 0 Å². The Morgan fingerprint density at radius 3 is 2.38 bits per heavy atom. The molecule has 126 valence electrons. The molecule has 0 aromatic rings. The van der Waals surface area contributed by atoms with Gasteiger partial charge in [-0.2, -0.15) is 0 Å². The highest BCUT2D eigenvalue weighted by Crippen LogP contribution is 2.36. The molecule has 0 aromatic heterocycles. The van der Waals surface area contributed by atoms with Crippen LogP contribution >= 0.6 is 0 Å². The van der Waals surface area contributed by atoms with E-state index >= 15 is 0 Å². The molecule has 0 amide bonds. The maximum Gasteiger partial charge on any atom is 0.0610 e. The highest BCUT2D eigenvalue weighted by Gasteiger charge is 2.28. The molecule has 0 spiro atoms. The van der Waals surface area contributed by atoms with Crippen LogP contribution < -0.4 is 5.32 Å². The summed E-state index contributed by atoms with van der Waals surface area (Å²) in [6.45, 7) is 11.4. The van der Waals surface area contributed by atoms with Crippen LogP contribution in [0.1, 0.15) is 72.6 Å². The quantitative estimate of drug-likeness (QED) is 0.640. The Morgan fingerprint density at radius 2 is 1.86 bits per heavy atom. The van der Waals surface area contributed by atoms with E-state index in [1.807, 2.05) is 0 Å². The Labute approximate surface area is 132 Å². The molecule has 1 atom stereocenters. The van der Waals surface area contributed by atoms with Crippen molar-refractivity contribution in [2.24, 2.45) is 5.41 Å². The zero-order chi connectivity index (χ0) is 15.9. The van der Waals surface area contributed by atoms with Gasteiger partial charge < -0.3 is 15.3 Å². The van der Waals surface area contributed by atoms with E-state index in [2.05, 4.69) is 45.0 Å². The van der Waals surface area contributed by atoms with E-state index in [9.17, 15) is 5.11 Å². The van der Waals surface area contributed by atoms with Gasteiger partial charge in [-0.15, -0.1) is 0 Å². The maximum absolute atomic E-state index is 9.50. The van der Waals surface area contributed by atoms with E-state index in [1.54, 1.807) is 0 Å². The van der Waals surface area contributed by atoms with Crippen molar-refractivity contribution in [2.45, 2.75) is 84.2 Å². The largest absolute Gasteiger partial charge is 0.394 e. The highest BCUT2D eigenvalue weighted by atomic mass is 16.3. The average Bonchev–Trinajstić information content (AvgIpc) is 2.43. The summed E-state index contributed by atoms with van der Waals surface area (Å²) in [4.78, 5) is 2.57. The van der Waals surface area contributed by atoms with Gasteiger partial charge in [0.2, 0.25) is 0 Å². The van der Waals surface area contributed by atoms with Gasteiger partial charge in [0, 0.05) is 11.6 Å². The Hall–Kier alpha value is -0.120. The molecule has 2 N–H and O–H groups in total. The molecule has 3 heteroatoms. The number of aliphatic hydroxyl groups is 1. The molecule has 3 nitrogen and oxygen atoms in total. The third-order valence-electron chi connectivity index (χ3n) is 5.37. The molecule has 1 aliphatic carbocycles. The zero-order valence-corrected chi connectivity index (χ0v) is 15.0. The minimum atomic E-state index is -0.0951. The molecule has 0 radical (unpaired) electrons. The lowest BCUT2D eigenvalue weighted by Crippen LogP contribution is -2.45. The molecule has 1 rings (SSSR count). The molecule has 0 heterocycles.